The molecule has 2 aromatic rings. The molecule has 0 amide bonds. The minimum atomic E-state index is -1.87. The third-order valence-corrected chi connectivity index (χ3v) is 9.40. The van der Waals surface area contributed by atoms with E-state index in [2.05, 4.69) is 93.2 Å². The van der Waals surface area contributed by atoms with Gasteiger partial charge in [0.1, 0.15) is 8.07 Å². The maximum absolute atomic E-state index is 2.49. The minimum absolute atomic E-state index is 0.638. The van der Waals surface area contributed by atoms with Crippen molar-refractivity contribution in [3.05, 3.63) is 83.6 Å². The molecule has 0 fully saturated rings. The molecule has 112 valence electrons. The first-order valence-corrected chi connectivity index (χ1v) is 10.6. The first-order valence-electron chi connectivity index (χ1n) is 8.14. The molecule has 0 heterocycles. The lowest BCUT2D eigenvalue weighted by Crippen LogP contribution is -2.57. The summed E-state index contributed by atoms with van der Waals surface area (Å²) < 4.78 is 0. The Bertz CT molecular complexity index is 654. The molecular weight excluding hydrogens is 280 g/mol. The van der Waals surface area contributed by atoms with Crippen molar-refractivity contribution in [3.63, 3.8) is 0 Å². The standard InChI is InChI=1S/C21H24Si/c1-17(2)18-14-15-21(16-18)22(3,19-10-6-4-7-11-19)20-12-8-5-9-13-20/h4-13,15-17H,14H2,1-3H3. The van der Waals surface area contributed by atoms with Crippen LogP contribution < -0.4 is 10.4 Å². The predicted molar refractivity (Wildman–Crippen MR) is 99.4 cm³/mol. The molecule has 0 spiro atoms. The van der Waals surface area contributed by atoms with Crippen molar-refractivity contribution in [2.24, 2.45) is 5.92 Å². The molecule has 2 aromatic carbocycles. The van der Waals surface area contributed by atoms with Gasteiger partial charge in [0.2, 0.25) is 0 Å². The van der Waals surface area contributed by atoms with Gasteiger partial charge in [-0.1, -0.05) is 104 Å². The highest BCUT2D eigenvalue weighted by Gasteiger charge is 2.36. The molecule has 0 saturated carbocycles. The van der Waals surface area contributed by atoms with E-state index in [1.165, 1.54) is 10.4 Å². The summed E-state index contributed by atoms with van der Waals surface area (Å²) in [5, 5.41) is 4.55. The number of hydrogen-bond acceptors (Lipinski definition) is 0. The zero-order chi connectivity index (χ0) is 15.6. The van der Waals surface area contributed by atoms with E-state index in [9.17, 15) is 0 Å². The van der Waals surface area contributed by atoms with Crippen LogP contribution in [0.3, 0.4) is 0 Å². The first-order chi connectivity index (χ1) is 10.6. The quantitative estimate of drug-likeness (QED) is 0.738. The zero-order valence-corrected chi connectivity index (χ0v) is 14.7. The Morgan fingerprint density at radius 1 is 0.818 bits per heavy atom. The van der Waals surface area contributed by atoms with E-state index < -0.39 is 8.07 Å². The zero-order valence-electron chi connectivity index (χ0n) is 13.7. The predicted octanol–water partition coefficient (Wildman–Crippen LogP) is 4.33. The molecule has 0 nitrogen and oxygen atoms in total. The third-order valence-electron chi connectivity index (χ3n) is 4.92. The molecule has 0 aromatic heterocycles. The lowest BCUT2D eigenvalue weighted by molar-refractivity contribution is 0.753. The van der Waals surface area contributed by atoms with E-state index in [-0.39, 0.29) is 0 Å². The van der Waals surface area contributed by atoms with Crippen LogP contribution in [0.5, 0.6) is 0 Å². The summed E-state index contributed by atoms with van der Waals surface area (Å²) in [5.41, 5.74) is 1.57. The van der Waals surface area contributed by atoms with Crippen LogP contribution in [0.1, 0.15) is 20.3 Å². The molecule has 3 rings (SSSR count). The summed E-state index contributed by atoms with van der Waals surface area (Å²) in [4.78, 5) is 0. The number of rotatable bonds is 4. The molecule has 0 N–H and O–H groups in total. The fourth-order valence-electron chi connectivity index (χ4n) is 3.34. The van der Waals surface area contributed by atoms with Crippen LogP contribution in [0.15, 0.2) is 83.6 Å². The number of hydrogen-bond donors (Lipinski definition) is 0. The first kappa shape index (κ1) is 15.0. The van der Waals surface area contributed by atoms with E-state index in [4.69, 9.17) is 0 Å². The Morgan fingerprint density at radius 3 is 1.73 bits per heavy atom. The maximum atomic E-state index is 2.49. The number of benzene rings is 2. The van der Waals surface area contributed by atoms with Gasteiger partial charge in [-0.05, 0) is 22.7 Å². The number of allylic oxidation sites excluding steroid dienone is 4. The normalized spacial score (nSPS) is 14.9. The lowest BCUT2D eigenvalue weighted by Gasteiger charge is -2.29. The SMILES string of the molecule is CC(C)C1=CC([Si](C)(c2ccccc2)c2ccccc2)=CC1. The van der Waals surface area contributed by atoms with Crippen molar-refractivity contribution >= 4 is 18.4 Å². The Morgan fingerprint density at radius 2 is 1.32 bits per heavy atom. The molecule has 1 aliphatic rings. The van der Waals surface area contributed by atoms with E-state index in [0.717, 1.165) is 6.42 Å². The van der Waals surface area contributed by atoms with Crippen LogP contribution in [-0.2, 0) is 0 Å². The molecular formula is C21H24Si. The monoisotopic (exact) mass is 304 g/mol. The Labute approximate surface area is 135 Å². The Hall–Kier alpha value is -1.86. The summed E-state index contributed by atoms with van der Waals surface area (Å²) in [6.45, 7) is 7.09. The van der Waals surface area contributed by atoms with Crippen LogP contribution in [0.25, 0.3) is 0 Å². The molecule has 1 heteroatoms. The molecule has 22 heavy (non-hydrogen) atoms. The molecule has 0 radical (unpaired) electrons. The summed E-state index contributed by atoms with van der Waals surface area (Å²) in [6, 6.07) is 22.1. The van der Waals surface area contributed by atoms with Gasteiger partial charge in [-0.15, -0.1) is 0 Å². The molecule has 0 saturated heterocycles. The van der Waals surface area contributed by atoms with E-state index in [1.54, 1.807) is 10.8 Å². The van der Waals surface area contributed by atoms with Crippen molar-refractivity contribution in [3.8, 4) is 0 Å². The maximum Gasteiger partial charge on any atom is 0.145 e. The van der Waals surface area contributed by atoms with Crippen LogP contribution in [-0.4, -0.2) is 8.07 Å². The summed E-state index contributed by atoms with van der Waals surface area (Å²) in [5.74, 6) is 0.638. The van der Waals surface area contributed by atoms with Gasteiger partial charge in [-0.3, -0.25) is 0 Å². The Kier molecular flexibility index (Phi) is 4.17. The minimum Gasteiger partial charge on any atom is -0.0804 e. The Balaban J connectivity index is 2.14. The van der Waals surface area contributed by atoms with Gasteiger partial charge in [0.05, 0.1) is 0 Å². The van der Waals surface area contributed by atoms with Crippen molar-refractivity contribution < 1.29 is 0 Å². The summed E-state index contributed by atoms with van der Waals surface area (Å²) >= 11 is 0. The van der Waals surface area contributed by atoms with E-state index in [0.29, 0.717) is 5.92 Å². The second-order valence-corrected chi connectivity index (χ2v) is 10.6. The topological polar surface area (TPSA) is 0 Å². The van der Waals surface area contributed by atoms with Gasteiger partial charge in [-0.2, -0.15) is 0 Å². The van der Waals surface area contributed by atoms with Gasteiger partial charge in [0, 0.05) is 0 Å². The molecule has 0 atom stereocenters. The van der Waals surface area contributed by atoms with E-state index >= 15 is 0 Å². The van der Waals surface area contributed by atoms with Crippen LogP contribution in [0, 0.1) is 5.92 Å². The third kappa shape index (κ3) is 2.61. The highest BCUT2D eigenvalue weighted by Crippen LogP contribution is 2.29. The van der Waals surface area contributed by atoms with Crippen LogP contribution in [0.2, 0.25) is 6.55 Å². The van der Waals surface area contributed by atoms with Crippen LogP contribution >= 0.6 is 0 Å². The molecule has 0 aliphatic heterocycles. The van der Waals surface area contributed by atoms with Crippen LogP contribution in [0.4, 0.5) is 0 Å². The van der Waals surface area contributed by atoms with Crippen molar-refractivity contribution in [2.45, 2.75) is 26.8 Å². The van der Waals surface area contributed by atoms with Crippen molar-refractivity contribution in [1.29, 1.82) is 0 Å². The molecule has 1 aliphatic carbocycles. The molecule has 0 bridgehead atoms. The van der Waals surface area contributed by atoms with Gasteiger partial charge in [0.15, 0.2) is 0 Å². The average molecular weight is 305 g/mol. The average Bonchev–Trinajstić information content (AvgIpc) is 3.06. The highest BCUT2D eigenvalue weighted by molar-refractivity contribution is 7.07. The highest BCUT2D eigenvalue weighted by atomic mass is 28.3. The fourth-order valence-corrected chi connectivity index (χ4v) is 7.04. The van der Waals surface area contributed by atoms with Crippen molar-refractivity contribution in [2.75, 3.05) is 0 Å². The van der Waals surface area contributed by atoms with Gasteiger partial charge in [-0.25, -0.2) is 0 Å². The van der Waals surface area contributed by atoms with Crippen molar-refractivity contribution in [1.82, 2.24) is 0 Å². The summed E-state index contributed by atoms with van der Waals surface area (Å²) in [7, 11) is -1.87. The lowest BCUT2D eigenvalue weighted by atomic mass is 10.0. The van der Waals surface area contributed by atoms with Gasteiger partial charge >= 0.3 is 0 Å². The molecule has 0 unspecified atom stereocenters. The smallest absolute Gasteiger partial charge is 0.0804 e. The van der Waals surface area contributed by atoms with Gasteiger partial charge < -0.3 is 0 Å². The largest absolute Gasteiger partial charge is 0.145 e. The second kappa shape index (κ2) is 6.10. The van der Waals surface area contributed by atoms with Gasteiger partial charge in [0.25, 0.3) is 0 Å². The van der Waals surface area contributed by atoms with E-state index in [1.807, 2.05) is 0 Å². The fraction of sp³-hybridized carbons (Fsp3) is 0.238. The summed E-state index contributed by atoms with van der Waals surface area (Å²) in [6.07, 6.45) is 6.08. The second-order valence-electron chi connectivity index (χ2n) is 6.59.